The van der Waals surface area contributed by atoms with E-state index < -0.39 is 0 Å². The molecule has 31 heavy (non-hydrogen) atoms. The summed E-state index contributed by atoms with van der Waals surface area (Å²) in [6, 6.07) is 25.1. The molecule has 0 bridgehead atoms. The number of hydrogen-bond acceptors (Lipinski definition) is 3. The van der Waals surface area contributed by atoms with Crippen molar-refractivity contribution in [2.45, 2.75) is 40.1 Å². The molecular weight excluding hydrogens is 382 g/mol. The summed E-state index contributed by atoms with van der Waals surface area (Å²) in [5.41, 5.74) is 8.20. The van der Waals surface area contributed by atoms with Crippen LogP contribution in [0.25, 0.3) is 0 Å². The number of hydrogen-bond donors (Lipinski definition) is 1. The van der Waals surface area contributed by atoms with Crippen LogP contribution in [0.2, 0.25) is 0 Å². The summed E-state index contributed by atoms with van der Waals surface area (Å²) >= 11 is 0. The molecule has 4 nitrogen and oxygen atoms in total. The molecule has 1 heterocycles. The molecule has 158 valence electrons. The van der Waals surface area contributed by atoms with E-state index in [1.807, 2.05) is 35.1 Å². The van der Waals surface area contributed by atoms with E-state index in [1.165, 1.54) is 27.9 Å². The van der Waals surface area contributed by atoms with Gasteiger partial charge in [-0.1, -0.05) is 66.7 Å². The van der Waals surface area contributed by atoms with Crippen LogP contribution in [-0.2, 0) is 26.2 Å². The second kappa shape index (κ2) is 9.63. The van der Waals surface area contributed by atoms with Crippen molar-refractivity contribution in [1.29, 1.82) is 0 Å². The van der Waals surface area contributed by atoms with Gasteiger partial charge in [0, 0.05) is 30.5 Å². The summed E-state index contributed by atoms with van der Waals surface area (Å²) in [7, 11) is 0. The average molecular weight is 412 g/mol. The van der Waals surface area contributed by atoms with E-state index in [9.17, 15) is 5.11 Å². The minimum atomic E-state index is 0.0474. The SMILES string of the molecule is Cc1ccc(C)c(N(Cc2cnn(Cc3ccccc3)c2)Cc2ccccc2CO)c1. The van der Waals surface area contributed by atoms with Crippen molar-refractivity contribution in [3.05, 3.63) is 119 Å². The molecule has 0 radical (unpaired) electrons. The molecule has 0 saturated heterocycles. The second-order valence-corrected chi connectivity index (χ2v) is 8.10. The molecule has 3 aromatic carbocycles. The van der Waals surface area contributed by atoms with Gasteiger partial charge in [0.05, 0.1) is 19.3 Å². The number of aliphatic hydroxyl groups is 1. The molecule has 0 spiro atoms. The molecular formula is C27H29N3O. The van der Waals surface area contributed by atoms with Gasteiger partial charge in [-0.15, -0.1) is 0 Å². The Morgan fingerprint density at radius 2 is 1.58 bits per heavy atom. The van der Waals surface area contributed by atoms with Crippen LogP contribution in [0, 0.1) is 13.8 Å². The highest BCUT2D eigenvalue weighted by atomic mass is 16.3. The van der Waals surface area contributed by atoms with Crippen molar-refractivity contribution < 1.29 is 5.11 Å². The highest BCUT2D eigenvalue weighted by molar-refractivity contribution is 5.56. The zero-order valence-electron chi connectivity index (χ0n) is 18.2. The number of aromatic nitrogens is 2. The van der Waals surface area contributed by atoms with E-state index >= 15 is 0 Å². The smallest absolute Gasteiger partial charge is 0.0685 e. The molecule has 1 N–H and O–H groups in total. The van der Waals surface area contributed by atoms with Crippen LogP contribution in [-0.4, -0.2) is 14.9 Å². The zero-order valence-corrected chi connectivity index (χ0v) is 18.2. The summed E-state index contributed by atoms with van der Waals surface area (Å²) in [5, 5.41) is 14.4. The first-order valence-corrected chi connectivity index (χ1v) is 10.7. The maximum absolute atomic E-state index is 9.80. The normalized spacial score (nSPS) is 10.9. The standard InChI is InChI=1S/C27H29N3O/c1-21-12-13-22(2)27(14-21)29(19-25-10-6-7-11-26(25)20-31)16-24-15-28-30(18-24)17-23-8-4-3-5-9-23/h3-15,18,31H,16-17,19-20H2,1-2H3. The molecule has 0 aliphatic rings. The van der Waals surface area contributed by atoms with Crippen LogP contribution in [0.5, 0.6) is 0 Å². The molecule has 0 aliphatic carbocycles. The Kier molecular flexibility index (Phi) is 6.48. The molecule has 4 aromatic rings. The zero-order chi connectivity index (χ0) is 21.6. The van der Waals surface area contributed by atoms with Crippen molar-refractivity contribution in [2.75, 3.05) is 4.90 Å². The Bertz CT molecular complexity index is 1130. The first kappa shape index (κ1) is 20.9. The lowest BCUT2D eigenvalue weighted by atomic mass is 10.0. The summed E-state index contributed by atoms with van der Waals surface area (Å²) in [5.74, 6) is 0. The van der Waals surface area contributed by atoms with Crippen molar-refractivity contribution in [2.24, 2.45) is 0 Å². The largest absolute Gasteiger partial charge is 0.392 e. The Morgan fingerprint density at radius 3 is 2.35 bits per heavy atom. The fraction of sp³-hybridized carbons (Fsp3) is 0.222. The van der Waals surface area contributed by atoms with Gasteiger partial charge in [0.15, 0.2) is 0 Å². The Balaban J connectivity index is 1.61. The Hall–Kier alpha value is -3.37. The fourth-order valence-electron chi connectivity index (χ4n) is 3.92. The predicted octanol–water partition coefficient (Wildman–Crippen LogP) is 5.25. The molecule has 4 rings (SSSR count). The van der Waals surface area contributed by atoms with Crippen LogP contribution in [0.1, 0.15) is 33.4 Å². The summed E-state index contributed by atoms with van der Waals surface area (Å²) in [6.07, 6.45) is 4.09. The van der Waals surface area contributed by atoms with Gasteiger partial charge in [0.2, 0.25) is 0 Å². The van der Waals surface area contributed by atoms with E-state index in [2.05, 4.69) is 78.6 Å². The van der Waals surface area contributed by atoms with Crippen molar-refractivity contribution >= 4 is 5.69 Å². The molecule has 0 aliphatic heterocycles. The van der Waals surface area contributed by atoms with Crippen molar-refractivity contribution in [3.63, 3.8) is 0 Å². The average Bonchev–Trinajstić information content (AvgIpc) is 3.22. The highest BCUT2D eigenvalue weighted by Gasteiger charge is 2.14. The lowest BCUT2D eigenvalue weighted by Gasteiger charge is -2.27. The molecule has 1 aromatic heterocycles. The van der Waals surface area contributed by atoms with E-state index in [0.29, 0.717) is 0 Å². The maximum atomic E-state index is 9.80. The lowest BCUT2D eigenvalue weighted by molar-refractivity contribution is 0.280. The number of benzene rings is 3. The Morgan fingerprint density at radius 1 is 0.839 bits per heavy atom. The number of anilines is 1. The van der Waals surface area contributed by atoms with Crippen molar-refractivity contribution in [3.8, 4) is 0 Å². The molecule has 4 heteroatoms. The van der Waals surface area contributed by atoms with Crippen LogP contribution in [0.3, 0.4) is 0 Å². The van der Waals surface area contributed by atoms with Crippen LogP contribution >= 0.6 is 0 Å². The third-order valence-electron chi connectivity index (χ3n) is 5.60. The predicted molar refractivity (Wildman–Crippen MR) is 126 cm³/mol. The monoisotopic (exact) mass is 411 g/mol. The lowest BCUT2D eigenvalue weighted by Crippen LogP contribution is -2.23. The molecule has 0 saturated carbocycles. The topological polar surface area (TPSA) is 41.3 Å². The van der Waals surface area contributed by atoms with Gasteiger partial charge in [-0.3, -0.25) is 4.68 Å². The first-order valence-electron chi connectivity index (χ1n) is 10.7. The van der Waals surface area contributed by atoms with Crippen LogP contribution in [0.15, 0.2) is 85.2 Å². The van der Waals surface area contributed by atoms with Gasteiger partial charge in [0.25, 0.3) is 0 Å². The van der Waals surface area contributed by atoms with E-state index in [-0.39, 0.29) is 6.61 Å². The van der Waals surface area contributed by atoms with Crippen LogP contribution in [0.4, 0.5) is 5.69 Å². The number of nitrogens with zero attached hydrogens (tertiary/aromatic N) is 3. The number of rotatable bonds is 8. The highest BCUT2D eigenvalue weighted by Crippen LogP contribution is 2.26. The quantitative estimate of drug-likeness (QED) is 0.431. The Labute approximate surface area is 184 Å². The van der Waals surface area contributed by atoms with Gasteiger partial charge in [-0.25, -0.2) is 0 Å². The number of aliphatic hydroxyl groups excluding tert-OH is 1. The van der Waals surface area contributed by atoms with E-state index in [0.717, 1.165) is 30.8 Å². The first-order chi connectivity index (χ1) is 15.1. The third-order valence-corrected chi connectivity index (χ3v) is 5.60. The van der Waals surface area contributed by atoms with E-state index in [1.54, 1.807) is 0 Å². The van der Waals surface area contributed by atoms with Gasteiger partial charge in [0.1, 0.15) is 0 Å². The third kappa shape index (κ3) is 5.22. The summed E-state index contributed by atoms with van der Waals surface area (Å²) < 4.78 is 1.99. The number of aryl methyl sites for hydroxylation is 2. The minimum Gasteiger partial charge on any atom is -0.392 e. The van der Waals surface area contributed by atoms with Crippen molar-refractivity contribution in [1.82, 2.24) is 9.78 Å². The van der Waals surface area contributed by atoms with E-state index in [4.69, 9.17) is 0 Å². The second-order valence-electron chi connectivity index (χ2n) is 8.10. The van der Waals surface area contributed by atoms with Gasteiger partial charge < -0.3 is 10.0 Å². The summed E-state index contributed by atoms with van der Waals surface area (Å²) in [6.45, 7) is 6.56. The van der Waals surface area contributed by atoms with Gasteiger partial charge in [-0.2, -0.15) is 5.10 Å². The molecule has 0 fully saturated rings. The van der Waals surface area contributed by atoms with Gasteiger partial charge in [-0.05, 0) is 47.7 Å². The minimum absolute atomic E-state index is 0.0474. The maximum Gasteiger partial charge on any atom is 0.0685 e. The molecule has 0 amide bonds. The summed E-state index contributed by atoms with van der Waals surface area (Å²) in [4.78, 5) is 2.38. The van der Waals surface area contributed by atoms with Crippen LogP contribution < -0.4 is 4.90 Å². The molecule has 0 unspecified atom stereocenters. The fourth-order valence-corrected chi connectivity index (χ4v) is 3.92. The molecule has 0 atom stereocenters. The van der Waals surface area contributed by atoms with Gasteiger partial charge >= 0.3 is 0 Å².